The van der Waals surface area contributed by atoms with Crippen LogP contribution in [0.15, 0.2) is 24.4 Å². The van der Waals surface area contributed by atoms with E-state index in [-0.39, 0.29) is 12.0 Å². The average molecular weight is 318 g/mol. The fourth-order valence-corrected chi connectivity index (χ4v) is 3.30. The van der Waals surface area contributed by atoms with E-state index in [0.29, 0.717) is 18.9 Å². The zero-order chi connectivity index (χ0) is 15.9. The van der Waals surface area contributed by atoms with Crippen molar-refractivity contribution in [1.82, 2.24) is 9.88 Å². The molecular weight excluding hydrogens is 292 g/mol. The molecule has 5 heteroatoms. The van der Waals surface area contributed by atoms with Crippen LogP contribution in [0, 0.1) is 5.92 Å². The second-order valence-electron chi connectivity index (χ2n) is 6.50. The first-order chi connectivity index (χ1) is 11.3. The van der Waals surface area contributed by atoms with Crippen molar-refractivity contribution in [3.05, 3.63) is 30.1 Å². The number of nitrogens with zero attached hydrogens (tertiary/aromatic N) is 2. The van der Waals surface area contributed by atoms with Crippen molar-refractivity contribution in [3.63, 3.8) is 0 Å². The number of carbonyl (C=O) groups is 1. The van der Waals surface area contributed by atoms with Gasteiger partial charge in [-0.2, -0.15) is 0 Å². The number of hydrogen-bond acceptors (Lipinski definition) is 4. The van der Waals surface area contributed by atoms with Gasteiger partial charge in [0.2, 0.25) is 5.91 Å². The third-order valence-corrected chi connectivity index (χ3v) is 4.71. The van der Waals surface area contributed by atoms with Crippen molar-refractivity contribution in [2.45, 2.75) is 44.8 Å². The number of piperidine rings is 1. The summed E-state index contributed by atoms with van der Waals surface area (Å²) in [5.41, 5.74) is 0.961. The SMILES string of the molecule is O=C(CC1CCCOC1)N1CCC(OCc2ccccn2)CC1. The molecule has 2 aliphatic rings. The molecule has 0 N–H and O–H groups in total. The van der Waals surface area contributed by atoms with Crippen LogP contribution < -0.4 is 0 Å². The molecule has 3 heterocycles. The van der Waals surface area contributed by atoms with E-state index in [9.17, 15) is 4.79 Å². The molecule has 1 unspecified atom stereocenters. The second-order valence-corrected chi connectivity index (χ2v) is 6.50. The zero-order valence-corrected chi connectivity index (χ0v) is 13.7. The Hall–Kier alpha value is -1.46. The number of hydrogen-bond donors (Lipinski definition) is 0. The molecule has 23 heavy (non-hydrogen) atoms. The maximum absolute atomic E-state index is 12.4. The fraction of sp³-hybridized carbons (Fsp3) is 0.667. The van der Waals surface area contributed by atoms with Gasteiger partial charge in [0.15, 0.2) is 0 Å². The predicted octanol–water partition coefficient (Wildman–Crippen LogP) is 2.41. The lowest BCUT2D eigenvalue weighted by Gasteiger charge is -2.33. The summed E-state index contributed by atoms with van der Waals surface area (Å²) >= 11 is 0. The summed E-state index contributed by atoms with van der Waals surface area (Å²) < 4.78 is 11.4. The normalized spacial score (nSPS) is 23.0. The first-order valence-electron chi connectivity index (χ1n) is 8.68. The van der Waals surface area contributed by atoms with Crippen LogP contribution in [0.1, 0.15) is 37.8 Å². The van der Waals surface area contributed by atoms with Crippen molar-refractivity contribution >= 4 is 5.91 Å². The highest BCUT2D eigenvalue weighted by molar-refractivity contribution is 5.76. The molecule has 126 valence electrons. The molecule has 0 radical (unpaired) electrons. The Kier molecular flexibility index (Phi) is 6.00. The maximum atomic E-state index is 12.4. The minimum Gasteiger partial charge on any atom is -0.381 e. The van der Waals surface area contributed by atoms with Crippen LogP contribution >= 0.6 is 0 Å². The molecule has 0 aromatic carbocycles. The Morgan fingerprint density at radius 1 is 1.30 bits per heavy atom. The lowest BCUT2D eigenvalue weighted by atomic mass is 9.97. The lowest BCUT2D eigenvalue weighted by Crippen LogP contribution is -2.42. The molecule has 5 nitrogen and oxygen atoms in total. The Labute approximate surface area is 138 Å². The third-order valence-electron chi connectivity index (χ3n) is 4.71. The number of likely N-dealkylation sites (tertiary alicyclic amines) is 1. The monoisotopic (exact) mass is 318 g/mol. The summed E-state index contributed by atoms with van der Waals surface area (Å²) in [6.45, 7) is 3.76. The van der Waals surface area contributed by atoms with Gasteiger partial charge in [0.1, 0.15) is 0 Å². The summed E-state index contributed by atoms with van der Waals surface area (Å²) in [7, 11) is 0. The topological polar surface area (TPSA) is 51.7 Å². The number of aromatic nitrogens is 1. The van der Waals surface area contributed by atoms with Crippen molar-refractivity contribution in [1.29, 1.82) is 0 Å². The Bertz CT molecular complexity index is 480. The van der Waals surface area contributed by atoms with Crippen LogP contribution in [0.4, 0.5) is 0 Å². The standard InChI is InChI=1S/C18H26N2O3/c21-18(12-15-4-3-11-22-13-15)20-9-6-17(7-10-20)23-14-16-5-1-2-8-19-16/h1-2,5,8,15,17H,3-4,6-7,9-14H2. The predicted molar refractivity (Wildman–Crippen MR) is 86.8 cm³/mol. The molecular formula is C18H26N2O3. The molecule has 2 aliphatic heterocycles. The molecule has 1 aromatic heterocycles. The Balaban J connectivity index is 1.37. The van der Waals surface area contributed by atoms with E-state index in [1.54, 1.807) is 6.20 Å². The lowest BCUT2D eigenvalue weighted by molar-refractivity contribution is -0.136. The van der Waals surface area contributed by atoms with Gasteiger partial charge in [0, 0.05) is 38.9 Å². The third kappa shape index (κ3) is 5.01. The first kappa shape index (κ1) is 16.4. The smallest absolute Gasteiger partial charge is 0.222 e. The van der Waals surface area contributed by atoms with Gasteiger partial charge in [-0.1, -0.05) is 6.07 Å². The largest absolute Gasteiger partial charge is 0.381 e. The highest BCUT2D eigenvalue weighted by atomic mass is 16.5. The quantitative estimate of drug-likeness (QED) is 0.836. The van der Waals surface area contributed by atoms with E-state index in [2.05, 4.69) is 4.98 Å². The highest BCUT2D eigenvalue weighted by Gasteiger charge is 2.26. The second kappa shape index (κ2) is 8.41. The minimum atomic E-state index is 0.235. The minimum absolute atomic E-state index is 0.235. The van der Waals surface area contributed by atoms with Crippen LogP contribution in [-0.2, 0) is 20.9 Å². The van der Waals surface area contributed by atoms with E-state index in [1.807, 2.05) is 23.1 Å². The zero-order valence-electron chi connectivity index (χ0n) is 13.7. The molecule has 0 bridgehead atoms. The number of ether oxygens (including phenoxy) is 2. The summed E-state index contributed by atoms with van der Waals surface area (Å²) in [4.78, 5) is 18.6. The van der Waals surface area contributed by atoms with E-state index in [0.717, 1.165) is 57.7 Å². The fourth-order valence-electron chi connectivity index (χ4n) is 3.30. The molecule has 1 atom stereocenters. The molecule has 0 aliphatic carbocycles. The van der Waals surface area contributed by atoms with Crippen LogP contribution in [0.5, 0.6) is 0 Å². The van der Waals surface area contributed by atoms with Gasteiger partial charge < -0.3 is 14.4 Å². The molecule has 2 fully saturated rings. The highest BCUT2D eigenvalue weighted by Crippen LogP contribution is 2.21. The van der Waals surface area contributed by atoms with Gasteiger partial charge >= 0.3 is 0 Å². The summed E-state index contributed by atoms with van der Waals surface area (Å²) in [6, 6.07) is 5.86. The molecule has 0 saturated carbocycles. The van der Waals surface area contributed by atoms with Crippen LogP contribution in [0.25, 0.3) is 0 Å². The van der Waals surface area contributed by atoms with E-state index < -0.39 is 0 Å². The van der Waals surface area contributed by atoms with Gasteiger partial charge in [0.25, 0.3) is 0 Å². The average Bonchev–Trinajstić information content (AvgIpc) is 2.62. The van der Waals surface area contributed by atoms with Crippen molar-refractivity contribution in [3.8, 4) is 0 Å². The maximum Gasteiger partial charge on any atom is 0.222 e. The number of pyridine rings is 1. The van der Waals surface area contributed by atoms with Gasteiger partial charge in [-0.3, -0.25) is 9.78 Å². The Morgan fingerprint density at radius 3 is 2.87 bits per heavy atom. The van der Waals surface area contributed by atoms with E-state index in [1.165, 1.54) is 0 Å². The first-order valence-corrected chi connectivity index (χ1v) is 8.68. The van der Waals surface area contributed by atoms with Crippen LogP contribution in [-0.4, -0.2) is 48.2 Å². The Morgan fingerprint density at radius 2 is 2.17 bits per heavy atom. The number of amides is 1. The van der Waals surface area contributed by atoms with Crippen molar-refractivity contribution < 1.29 is 14.3 Å². The molecule has 3 rings (SSSR count). The van der Waals surface area contributed by atoms with Gasteiger partial charge in [-0.15, -0.1) is 0 Å². The molecule has 2 saturated heterocycles. The summed E-state index contributed by atoms with van der Waals surface area (Å²) in [5.74, 6) is 0.693. The molecule has 1 aromatic rings. The van der Waals surface area contributed by atoms with Crippen LogP contribution in [0.2, 0.25) is 0 Å². The van der Waals surface area contributed by atoms with E-state index in [4.69, 9.17) is 9.47 Å². The number of rotatable bonds is 5. The van der Waals surface area contributed by atoms with Gasteiger partial charge in [0.05, 0.1) is 18.4 Å². The summed E-state index contributed by atoms with van der Waals surface area (Å²) in [6.07, 6.45) is 6.70. The summed E-state index contributed by atoms with van der Waals surface area (Å²) in [5, 5.41) is 0. The van der Waals surface area contributed by atoms with Gasteiger partial charge in [-0.05, 0) is 43.7 Å². The molecule has 0 spiro atoms. The van der Waals surface area contributed by atoms with Crippen molar-refractivity contribution in [2.24, 2.45) is 5.92 Å². The molecule has 1 amide bonds. The van der Waals surface area contributed by atoms with Crippen molar-refractivity contribution in [2.75, 3.05) is 26.3 Å². The van der Waals surface area contributed by atoms with Crippen LogP contribution in [0.3, 0.4) is 0 Å². The number of carbonyl (C=O) groups excluding carboxylic acids is 1. The van der Waals surface area contributed by atoms with Gasteiger partial charge in [-0.25, -0.2) is 0 Å². The van der Waals surface area contributed by atoms with E-state index >= 15 is 0 Å².